The number of carbonyl (C=O) groups is 1. The van der Waals surface area contributed by atoms with E-state index in [-0.39, 0.29) is 5.97 Å². The first-order valence-corrected chi connectivity index (χ1v) is 8.08. The first-order valence-electron chi connectivity index (χ1n) is 8.08. The van der Waals surface area contributed by atoms with Crippen LogP contribution in [0.5, 0.6) is 0 Å². The molecule has 0 aliphatic carbocycles. The topological polar surface area (TPSA) is 26.3 Å². The minimum atomic E-state index is -0.0466. The van der Waals surface area contributed by atoms with Crippen LogP contribution in [0.25, 0.3) is 0 Å². The second kappa shape index (κ2) is 8.78. The van der Waals surface area contributed by atoms with Crippen LogP contribution in [0, 0.1) is 0 Å². The predicted octanol–water partition coefficient (Wildman–Crippen LogP) is 4.80. The van der Waals surface area contributed by atoms with Crippen molar-refractivity contribution in [2.45, 2.75) is 70.8 Å². The van der Waals surface area contributed by atoms with Crippen molar-refractivity contribution in [3.63, 3.8) is 0 Å². The van der Waals surface area contributed by atoms with E-state index >= 15 is 0 Å². The van der Waals surface area contributed by atoms with Crippen molar-refractivity contribution in [3.8, 4) is 0 Å². The normalized spacial score (nSPS) is 19.3. The summed E-state index contributed by atoms with van der Waals surface area (Å²) in [6.45, 7) is 0.439. The Hall–Kier alpha value is -1.31. The lowest BCUT2D eigenvalue weighted by atomic mass is 10.0. The number of carbonyl (C=O) groups excluding carboxylic acids is 1. The fourth-order valence-electron chi connectivity index (χ4n) is 2.82. The Morgan fingerprint density at radius 3 is 1.95 bits per heavy atom. The third-order valence-corrected chi connectivity index (χ3v) is 4.08. The fourth-order valence-corrected chi connectivity index (χ4v) is 2.82. The molecular formula is C18H26O2. The van der Waals surface area contributed by atoms with Crippen LogP contribution in [-0.2, 0) is 22.6 Å². The van der Waals surface area contributed by atoms with Gasteiger partial charge in [0.15, 0.2) is 0 Å². The van der Waals surface area contributed by atoms with E-state index in [2.05, 4.69) is 18.2 Å². The highest BCUT2D eigenvalue weighted by atomic mass is 16.5. The molecule has 0 unspecified atom stereocenters. The van der Waals surface area contributed by atoms with E-state index < -0.39 is 0 Å². The van der Waals surface area contributed by atoms with Crippen LogP contribution >= 0.6 is 0 Å². The summed E-state index contributed by atoms with van der Waals surface area (Å²) in [4.78, 5) is 11.7. The lowest BCUT2D eigenvalue weighted by molar-refractivity contribution is -0.145. The number of hydrogen-bond acceptors (Lipinski definition) is 2. The van der Waals surface area contributed by atoms with Gasteiger partial charge in [0.2, 0.25) is 0 Å². The van der Waals surface area contributed by atoms with Gasteiger partial charge in [0, 0.05) is 6.42 Å². The molecule has 0 spiro atoms. The van der Waals surface area contributed by atoms with Crippen LogP contribution < -0.4 is 0 Å². The molecule has 1 aliphatic rings. The summed E-state index contributed by atoms with van der Waals surface area (Å²) < 4.78 is 5.41. The molecule has 1 aliphatic heterocycles. The molecule has 0 saturated heterocycles. The van der Waals surface area contributed by atoms with Crippen molar-refractivity contribution >= 4 is 5.97 Å². The van der Waals surface area contributed by atoms with Crippen LogP contribution in [0.1, 0.15) is 68.9 Å². The summed E-state index contributed by atoms with van der Waals surface area (Å²) >= 11 is 0. The Balaban J connectivity index is 1.95. The summed E-state index contributed by atoms with van der Waals surface area (Å²) in [6.07, 6.45) is 11.6. The molecule has 0 N–H and O–H groups in total. The molecule has 2 nitrogen and oxygen atoms in total. The van der Waals surface area contributed by atoms with Gasteiger partial charge in [0.05, 0.1) is 0 Å². The summed E-state index contributed by atoms with van der Waals surface area (Å²) in [5.41, 5.74) is 2.52. The predicted molar refractivity (Wildman–Crippen MR) is 81.5 cm³/mol. The molecule has 0 amide bonds. The molecule has 1 aromatic rings. The Kier molecular flexibility index (Phi) is 6.62. The van der Waals surface area contributed by atoms with Crippen molar-refractivity contribution < 1.29 is 9.53 Å². The maximum absolute atomic E-state index is 11.7. The van der Waals surface area contributed by atoms with Gasteiger partial charge in [-0.1, -0.05) is 62.8 Å². The van der Waals surface area contributed by atoms with Crippen LogP contribution in [0.15, 0.2) is 24.3 Å². The Bertz CT molecular complexity index is 412. The van der Waals surface area contributed by atoms with Gasteiger partial charge in [-0.25, -0.2) is 0 Å². The number of rotatable bonds is 0. The number of esters is 1. The van der Waals surface area contributed by atoms with Crippen LogP contribution in [0.2, 0.25) is 0 Å². The number of aryl methyl sites for hydroxylation is 1. The number of benzene rings is 1. The van der Waals surface area contributed by atoms with Crippen molar-refractivity contribution in [2.75, 3.05) is 0 Å². The Morgan fingerprint density at radius 2 is 1.25 bits per heavy atom. The molecule has 0 fully saturated rings. The summed E-state index contributed by atoms with van der Waals surface area (Å²) in [7, 11) is 0. The van der Waals surface area contributed by atoms with Gasteiger partial charge in [-0.15, -0.1) is 0 Å². The summed E-state index contributed by atoms with van der Waals surface area (Å²) in [6, 6.07) is 8.36. The van der Waals surface area contributed by atoms with Gasteiger partial charge in [-0.3, -0.25) is 4.79 Å². The molecule has 2 heteroatoms. The number of ether oxygens (including phenoxy) is 1. The average molecular weight is 274 g/mol. The third-order valence-electron chi connectivity index (χ3n) is 4.08. The zero-order valence-corrected chi connectivity index (χ0v) is 12.4. The van der Waals surface area contributed by atoms with Crippen molar-refractivity contribution in [1.29, 1.82) is 0 Å². The molecule has 1 heterocycles. The number of hydrogen-bond donors (Lipinski definition) is 0. The quantitative estimate of drug-likeness (QED) is 0.635. The molecular weight excluding hydrogens is 248 g/mol. The third kappa shape index (κ3) is 5.36. The minimum Gasteiger partial charge on any atom is -0.461 e. The first kappa shape index (κ1) is 15.1. The SMILES string of the molecule is O=C1CCCCCCCCCCc2ccccc2CO1. The maximum atomic E-state index is 11.7. The zero-order valence-electron chi connectivity index (χ0n) is 12.4. The molecule has 20 heavy (non-hydrogen) atoms. The molecule has 0 radical (unpaired) electrons. The van der Waals surface area contributed by atoms with Crippen molar-refractivity contribution in [1.82, 2.24) is 0 Å². The Morgan fingerprint density at radius 1 is 0.700 bits per heavy atom. The van der Waals surface area contributed by atoms with E-state index in [9.17, 15) is 4.79 Å². The van der Waals surface area contributed by atoms with E-state index in [0.29, 0.717) is 13.0 Å². The largest absolute Gasteiger partial charge is 0.461 e. The molecule has 2 rings (SSSR count). The molecule has 110 valence electrons. The van der Waals surface area contributed by atoms with Crippen LogP contribution in [0.3, 0.4) is 0 Å². The minimum absolute atomic E-state index is 0.0466. The molecule has 0 bridgehead atoms. The molecule has 0 atom stereocenters. The van der Waals surface area contributed by atoms with Gasteiger partial charge in [-0.2, -0.15) is 0 Å². The summed E-state index contributed by atoms with van der Waals surface area (Å²) in [5.74, 6) is -0.0466. The van der Waals surface area contributed by atoms with Crippen molar-refractivity contribution in [3.05, 3.63) is 35.4 Å². The second-order valence-corrected chi connectivity index (χ2v) is 5.76. The standard InChI is InChI=1S/C18H26O2/c19-18-14-8-6-4-2-1-3-5-7-11-16-12-9-10-13-17(16)15-20-18/h9-10,12-13H,1-8,11,14-15H2. The lowest BCUT2D eigenvalue weighted by Crippen LogP contribution is -2.06. The molecule has 1 aromatic carbocycles. The van der Waals surface area contributed by atoms with Crippen molar-refractivity contribution in [2.24, 2.45) is 0 Å². The maximum Gasteiger partial charge on any atom is 0.306 e. The van der Waals surface area contributed by atoms with E-state index in [0.717, 1.165) is 19.3 Å². The average Bonchev–Trinajstić information content (AvgIpc) is 2.48. The van der Waals surface area contributed by atoms with Gasteiger partial charge in [0.1, 0.15) is 6.61 Å². The first-order chi connectivity index (χ1) is 9.86. The van der Waals surface area contributed by atoms with Gasteiger partial charge >= 0.3 is 5.97 Å². The highest BCUT2D eigenvalue weighted by Crippen LogP contribution is 2.17. The van der Waals surface area contributed by atoms with E-state index in [1.807, 2.05) is 6.07 Å². The molecule has 0 aromatic heterocycles. The summed E-state index contributed by atoms with van der Waals surface area (Å²) in [5, 5.41) is 0. The van der Waals surface area contributed by atoms with Gasteiger partial charge < -0.3 is 4.74 Å². The fraction of sp³-hybridized carbons (Fsp3) is 0.611. The lowest BCUT2D eigenvalue weighted by Gasteiger charge is -2.10. The van der Waals surface area contributed by atoms with E-state index in [1.165, 1.54) is 49.7 Å². The second-order valence-electron chi connectivity index (χ2n) is 5.76. The number of cyclic esters (lactones) is 1. The number of fused-ring (bicyclic) bond motifs is 1. The molecule has 0 saturated carbocycles. The van der Waals surface area contributed by atoms with Gasteiger partial charge in [0.25, 0.3) is 0 Å². The highest BCUT2D eigenvalue weighted by Gasteiger charge is 2.07. The van der Waals surface area contributed by atoms with E-state index in [4.69, 9.17) is 4.74 Å². The monoisotopic (exact) mass is 274 g/mol. The van der Waals surface area contributed by atoms with E-state index in [1.54, 1.807) is 0 Å². The van der Waals surface area contributed by atoms with Crippen LogP contribution in [0.4, 0.5) is 0 Å². The van der Waals surface area contributed by atoms with Crippen LogP contribution in [-0.4, -0.2) is 5.97 Å². The van der Waals surface area contributed by atoms with Gasteiger partial charge in [-0.05, 0) is 30.4 Å². The Labute approximate surface area is 122 Å². The zero-order chi connectivity index (χ0) is 14.0. The highest BCUT2D eigenvalue weighted by molar-refractivity contribution is 5.69. The smallest absolute Gasteiger partial charge is 0.306 e.